The Hall–Kier alpha value is -3.28. The predicted molar refractivity (Wildman–Crippen MR) is 104 cm³/mol. The van der Waals surface area contributed by atoms with Crippen molar-refractivity contribution in [2.45, 2.75) is 25.2 Å². The van der Waals surface area contributed by atoms with E-state index in [4.69, 9.17) is 4.98 Å². The minimum atomic E-state index is -0.341. The molecule has 6 heteroatoms. The van der Waals surface area contributed by atoms with E-state index in [1.54, 1.807) is 24.4 Å². The molecule has 27 heavy (non-hydrogen) atoms. The molecule has 5 rings (SSSR count). The Kier molecular flexibility index (Phi) is 3.47. The van der Waals surface area contributed by atoms with Crippen molar-refractivity contribution in [3.63, 3.8) is 0 Å². The largest absolute Gasteiger partial charge is 0.328 e. The Balaban J connectivity index is 1.99. The minimum Gasteiger partial charge on any atom is -0.328 e. The molecular formula is C21H18N4O2. The Labute approximate surface area is 154 Å². The van der Waals surface area contributed by atoms with Gasteiger partial charge < -0.3 is 4.57 Å². The average molecular weight is 358 g/mol. The molecule has 0 aliphatic heterocycles. The van der Waals surface area contributed by atoms with Crippen LogP contribution in [0.3, 0.4) is 0 Å². The number of fused-ring (bicyclic) bond motifs is 2. The number of rotatable bonds is 2. The first-order valence-electron chi connectivity index (χ1n) is 9.12. The maximum Gasteiger partial charge on any atom is 0.272 e. The van der Waals surface area contributed by atoms with Crippen molar-refractivity contribution in [2.24, 2.45) is 7.05 Å². The summed E-state index contributed by atoms with van der Waals surface area (Å²) in [7, 11) is 1.85. The Bertz CT molecular complexity index is 1300. The van der Waals surface area contributed by atoms with E-state index >= 15 is 0 Å². The Morgan fingerprint density at radius 2 is 1.81 bits per heavy atom. The molecule has 0 unspecified atom stereocenters. The third kappa shape index (κ3) is 2.26. The molecule has 0 spiro atoms. The Morgan fingerprint density at radius 1 is 1.04 bits per heavy atom. The van der Waals surface area contributed by atoms with E-state index in [1.807, 2.05) is 35.9 Å². The van der Waals surface area contributed by atoms with Crippen LogP contribution in [0.5, 0.6) is 0 Å². The molecule has 3 heterocycles. The molecule has 0 radical (unpaired) electrons. The SMILES string of the molecule is Cn1c2ccccc2c(=O)c2c(=O)n(-c3ccccn3)c(C3CCC3)nc21. The molecule has 4 aromatic rings. The summed E-state index contributed by atoms with van der Waals surface area (Å²) in [6, 6.07) is 12.7. The van der Waals surface area contributed by atoms with Crippen LogP contribution >= 0.6 is 0 Å². The first-order chi connectivity index (χ1) is 13.2. The highest BCUT2D eigenvalue weighted by molar-refractivity contribution is 5.91. The van der Waals surface area contributed by atoms with Gasteiger partial charge in [0.1, 0.15) is 17.0 Å². The van der Waals surface area contributed by atoms with Crippen LogP contribution in [0.1, 0.15) is 31.0 Å². The normalized spacial score (nSPS) is 14.6. The van der Waals surface area contributed by atoms with E-state index in [0.717, 1.165) is 24.8 Å². The van der Waals surface area contributed by atoms with E-state index in [2.05, 4.69) is 4.98 Å². The number of hydrogen-bond acceptors (Lipinski definition) is 4. The van der Waals surface area contributed by atoms with Crippen molar-refractivity contribution in [3.05, 3.63) is 75.1 Å². The lowest BCUT2D eigenvalue weighted by Gasteiger charge is -2.27. The molecule has 1 aromatic carbocycles. The monoisotopic (exact) mass is 358 g/mol. The molecule has 1 fully saturated rings. The standard InChI is InChI=1S/C21H18N4O2/c1-24-15-10-3-2-9-14(15)18(26)17-20(24)23-19(13-7-6-8-13)25(21(17)27)16-11-4-5-12-22-16/h2-5,9-13H,6-8H2,1H3. The number of aromatic nitrogens is 4. The van der Waals surface area contributed by atoms with Gasteiger partial charge in [0, 0.05) is 24.5 Å². The molecule has 0 amide bonds. The lowest BCUT2D eigenvalue weighted by atomic mass is 9.84. The number of aryl methyl sites for hydroxylation is 1. The van der Waals surface area contributed by atoms with Crippen LogP contribution in [-0.2, 0) is 7.05 Å². The van der Waals surface area contributed by atoms with Crippen LogP contribution in [0.25, 0.3) is 27.8 Å². The van der Waals surface area contributed by atoms with Crippen LogP contribution in [0, 0.1) is 0 Å². The molecule has 3 aromatic heterocycles. The first kappa shape index (κ1) is 15.9. The van der Waals surface area contributed by atoms with Crippen LogP contribution in [0.4, 0.5) is 0 Å². The lowest BCUT2D eigenvalue weighted by molar-refractivity contribution is 0.393. The Morgan fingerprint density at radius 3 is 2.52 bits per heavy atom. The number of pyridine rings is 2. The van der Waals surface area contributed by atoms with Crippen LogP contribution in [-0.4, -0.2) is 19.1 Å². The van der Waals surface area contributed by atoms with Gasteiger partial charge in [-0.2, -0.15) is 0 Å². The molecule has 0 atom stereocenters. The fourth-order valence-corrected chi connectivity index (χ4v) is 3.82. The van der Waals surface area contributed by atoms with Gasteiger partial charge in [0.25, 0.3) is 5.56 Å². The second-order valence-electron chi connectivity index (χ2n) is 7.03. The highest BCUT2D eigenvalue weighted by Gasteiger charge is 2.28. The summed E-state index contributed by atoms with van der Waals surface area (Å²) < 4.78 is 3.38. The molecule has 134 valence electrons. The van der Waals surface area contributed by atoms with Gasteiger partial charge in [0.2, 0.25) is 5.43 Å². The highest BCUT2D eigenvalue weighted by Crippen LogP contribution is 2.36. The van der Waals surface area contributed by atoms with Crippen LogP contribution in [0.2, 0.25) is 0 Å². The van der Waals surface area contributed by atoms with Gasteiger partial charge in [-0.25, -0.2) is 14.5 Å². The smallest absolute Gasteiger partial charge is 0.272 e. The van der Waals surface area contributed by atoms with Gasteiger partial charge in [-0.15, -0.1) is 0 Å². The van der Waals surface area contributed by atoms with E-state index in [9.17, 15) is 9.59 Å². The van der Waals surface area contributed by atoms with Gasteiger partial charge in [0.05, 0.1) is 5.52 Å². The summed E-state index contributed by atoms with van der Waals surface area (Å²) in [5.41, 5.74) is 0.600. The summed E-state index contributed by atoms with van der Waals surface area (Å²) in [6.07, 6.45) is 4.76. The third-order valence-corrected chi connectivity index (χ3v) is 5.49. The molecule has 6 nitrogen and oxygen atoms in total. The van der Waals surface area contributed by atoms with E-state index in [-0.39, 0.29) is 22.3 Å². The van der Waals surface area contributed by atoms with Gasteiger partial charge >= 0.3 is 0 Å². The van der Waals surface area contributed by atoms with Crippen molar-refractivity contribution < 1.29 is 0 Å². The van der Waals surface area contributed by atoms with Crippen molar-refractivity contribution in [1.82, 2.24) is 19.1 Å². The summed E-state index contributed by atoms with van der Waals surface area (Å²) >= 11 is 0. The summed E-state index contributed by atoms with van der Waals surface area (Å²) in [6.45, 7) is 0. The number of hydrogen-bond donors (Lipinski definition) is 0. The van der Waals surface area contributed by atoms with Gasteiger partial charge in [-0.3, -0.25) is 9.59 Å². The fraction of sp³-hybridized carbons (Fsp3) is 0.238. The molecule has 0 N–H and O–H groups in total. The second kappa shape index (κ2) is 5.87. The minimum absolute atomic E-state index is 0.116. The highest BCUT2D eigenvalue weighted by atomic mass is 16.1. The van der Waals surface area contributed by atoms with Crippen LogP contribution in [0.15, 0.2) is 58.3 Å². The van der Waals surface area contributed by atoms with Crippen molar-refractivity contribution >= 4 is 21.9 Å². The van der Waals surface area contributed by atoms with E-state index in [0.29, 0.717) is 22.7 Å². The first-order valence-corrected chi connectivity index (χ1v) is 9.12. The van der Waals surface area contributed by atoms with Crippen LogP contribution < -0.4 is 11.0 Å². The third-order valence-electron chi connectivity index (χ3n) is 5.49. The molecule has 1 aliphatic rings. The molecule has 0 saturated heterocycles. The molecule has 0 bridgehead atoms. The molecular weight excluding hydrogens is 340 g/mol. The van der Waals surface area contributed by atoms with E-state index < -0.39 is 0 Å². The molecule has 1 aliphatic carbocycles. The summed E-state index contributed by atoms with van der Waals surface area (Å²) in [5, 5.41) is 0.639. The predicted octanol–water partition coefficient (Wildman–Crippen LogP) is 2.90. The van der Waals surface area contributed by atoms with Gasteiger partial charge in [-0.05, 0) is 37.1 Å². The number of para-hydroxylation sites is 1. The molecule has 1 saturated carbocycles. The second-order valence-corrected chi connectivity index (χ2v) is 7.03. The maximum atomic E-state index is 13.5. The number of benzene rings is 1. The quantitative estimate of drug-likeness (QED) is 0.517. The zero-order valence-electron chi connectivity index (χ0n) is 14.9. The zero-order valence-corrected chi connectivity index (χ0v) is 14.9. The van der Waals surface area contributed by atoms with Gasteiger partial charge in [-0.1, -0.05) is 24.6 Å². The average Bonchev–Trinajstić information content (AvgIpc) is 2.65. The fourth-order valence-electron chi connectivity index (χ4n) is 3.82. The van der Waals surface area contributed by atoms with Crippen molar-refractivity contribution in [3.8, 4) is 5.82 Å². The van der Waals surface area contributed by atoms with Crippen molar-refractivity contribution in [2.75, 3.05) is 0 Å². The maximum absolute atomic E-state index is 13.5. The summed E-state index contributed by atoms with van der Waals surface area (Å²) in [5.74, 6) is 1.42. The summed E-state index contributed by atoms with van der Waals surface area (Å²) in [4.78, 5) is 35.8. The van der Waals surface area contributed by atoms with Gasteiger partial charge in [0.15, 0.2) is 5.65 Å². The lowest BCUT2D eigenvalue weighted by Crippen LogP contribution is -2.32. The topological polar surface area (TPSA) is 69.8 Å². The van der Waals surface area contributed by atoms with E-state index in [1.165, 1.54) is 4.57 Å². The number of nitrogens with zero attached hydrogens (tertiary/aromatic N) is 4. The zero-order chi connectivity index (χ0) is 18.5. The van der Waals surface area contributed by atoms with Crippen molar-refractivity contribution in [1.29, 1.82) is 0 Å².